The van der Waals surface area contributed by atoms with E-state index < -0.39 is 5.97 Å². The van der Waals surface area contributed by atoms with Crippen LogP contribution in [0.3, 0.4) is 0 Å². The molecule has 0 saturated heterocycles. The van der Waals surface area contributed by atoms with Crippen molar-refractivity contribution in [2.45, 2.75) is 45.8 Å². The molecule has 1 aromatic heterocycles. The fourth-order valence-electron chi connectivity index (χ4n) is 1.45. The molecular weight excluding hydrogens is 208 g/mol. The SMILES string of the molecule is CCCC(C)NCc1cn(CC(=O)O)nn1. The van der Waals surface area contributed by atoms with Crippen LogP contribution in [0.15, 0.2) is 6.20 Å². The molecule has 6 heteroatoms. The molecule has 0 amide bonds. The summed E-state index contributed by atoms with van der Waals surface area (Å²) in [6.45, 7) is 4.74. The molecular formula is C10H18N4O2. The number of nitrogens with one attached hydrogen (secondary N) is 1. The number of carbonyl (C=O) groups is 1. The van der Waals surface area contributed by atoms with Crippen LogP contribution in [0.2, 0.25) is 0 Å². The van der Waals surface area contributed by atoms with Crippen molar-refractivity contribution in [2.75, 3.05) is 0 Å². The molecule has 0 spiro atoms. The number of hydrogen-bond acceptors (Lipinski definition) is 4. The fraction of sp³-hybridized carbons (Fsp3) is 0.700. The monoisotopic (exact) mass is 226 g/mol. The number of carboxylic acid groups (broad SMARTS) is 1. The highest BCUT2D eigenvalue weighted by atomic mass is 16.4. The van der Waals surface area contributed by atoms with Gasteiger partial charge in [0.1, 0.15) is 6.54 Å². The summed E-state index contributed by atoms with van der Waals surface area (Å²) in [6, 6.07) is 0.439. The van der Waals surface area contributed by atoms with Gasteiger partial charge in [-0.2, -0.15) is 0 Å². The molecule has 0 aliphatic rings. The zero-order valence-corrected chi connectivity index (χ0v) is 9.68. The minimum atomic E-state index is -0.913. The number of nitrogens with zero attached hydrogens (tertiary/aromatic N) is 3. The smallest absolute Gasteiger partial charge is 0.325 e. The van der Waals surface area contributed by atoms with Crippen LogP contribution in [-0.2, 0) is 17.9 Å². The van der Waals surface area contributed by atoms with Crippen molar-refractivity contribution in [3.63, 3.8) is 0 Å². The summed E-state index contributed by atoms with van der Waals surface area (Å²) in [5.41, 5.74) is 0.768. The second-order valence-corrected chi connectivity index (χ2v) is 3.87. The molecule has 0 fully saturated rings. The average Bonchev–Trinajstić information content (AvgIpc) is 2.62. The lowest BCUT2D eigenvalue weighted by Gasteiger charge is -2.10. The Bertz CT molecular complexity index is 337. The van der Waals surface area contributed by atoms with E-state index in [-0.39, 0.29) is 6.54 Å². The van der Waals surface area contributed by atoms with E-state index in [9.17, 15) is 4.79 Å². The van der Waals surface area contributed by atoms with Crippen LogP contribution >= 0.6 is 0 Å². The molecule has 90 valence electrons. The third-order valence-electron chi connectivity index (χ3n) is 2.24. The van der Waals surface area contributed by atoms with E-state index in [1.807, 2.05) is 0 Å². The van der Waals surface area contributed by atoms with E-state index in [1.54, 1.807) is 6.20 Å². The lowest BCUT2D eigenvalue weighted by Crippen LogP contribution is -2.25. The summed E-state index contributed by atoms with van der Waals surface area (Å²) in [7, 11) is 0. The Kier molecular flexibility index (Phi) is 4.91. The van der Waals surface area contributed by atoms with Crippen molar-refractivity contribution in [3.8, 4) is 0 Å². The van der Waals surface area contributed by atoms with Gasteiger partial charge in [0.15, 0.2) is 0 Å². The van der Waals surface area contributed by atoms with Gasteiger partial charge in [-0.05, 0) is 13.3 Å². The normalized spacial score (nSPS) is 12.6. The van der Waals surface area contributed by atoms with Crippen molar-refractivity contribution in [3.05, 3.63) is 11.9 Å². The van der Waals surface area contributed by atoms with E-state index >= 15 is 0 Å². The summed E-state index contributed by atoms with van der Waals surface area (Å²) < 4.78 is 1.32. The third-order valence-corrected chi connectivity index (χ3v) is 2.24. The molecule has 1 rings (SSSR count). The predicted molar refractivity (Wildman–Crippen MR) is 58.9 cm³/mol. The summed E-state index contributed by atoms with van der Waals surface area (Å²) in [5.74, 6) is -0.913. The molecule has 0 saturated carbocycles. The first-order valence-electron chi connectivity index (χ1n) is 5.46. The van der Waals surface area contributed by atoms with Gasteiger partial charge in [0, 0.05) is 12.6 Å². The van der Waals surface area contributed by atoms with E-state index in [2.05, 4.69) is 29.5 Å². The van der Waals surface area contributed by atoms with Crippen LogP contribution in [0.4, 0.5) is 0 Å². The average molecular weight is 226 g/mol. The number of aliphatic carboxylic acids is 1. The number of rotatable bonds is 7. The number of aromatic nitrogens is 3. The molecule has 0 aliphatic carbocycles. The van der Waals surface area contributed by atoms with Crippen LogP contribution in [0, 0.1) is 0 Å². The van der Waals surface area contributed by atoms with Gasteiger partial charge in [-0.25, -0.2) is 4.68 Å². The van der Waals surface area contributed by atoms with Crippen molar-refractivity contribution in [1.82, 2.24) is 20.3 Å². The first-order chi connectivity index (χ1) is 7.61. The highest BCUT2D eigenvalue weighted by Crippen LogP contribution is 1.98. The van der Waals surface area contributed by atoms with E-state index in [4.69, 9.17) is 5.11 Å². The Morgan fingerprint density at radius 2 is 2.44 bits per heavy atom. The van der Waals surface area contributed by atoms with Gasteiger partial charge in [-0.1, -0.05) is 18.6 Å². The van der Waals surface area contributed by atoms with Crippen molar-refractivity contribution in [2.24, 2.45) is 0 Å². The topological polar surface area (TPSA) is 80.0 Å². The first kappa shape index (κ1) is 12.6. The predicted octanol–water partition coefficient (Wildman–Crippen LogP) is 0.641. The number of carboxylic acids is 1. The lowest BCUT2D eigenvalue weighted by molar-refractivity contribution is -0.137. The van der Waals surface area contributed by atoms with E-state index in [1.165, 1.54) is 4.68 Å². The standard InChI is InChI=1S/C10H18N4O2/c1-3-4-8(2)11-5-9-6-14(13-12-9)7-10(15)16/h6,8,11H,3-5,7H2,1-2H3,(H,15,16). The Morgan fingerprint density at radius 3 is 3.06 bits per heavy atom. The maximum absolute atomic E-state index is 10.4. The largest absolute Gasteiger partial charge is 0.480 e. The van der Waals surface area contributed by atoms with Gasteiger partial charge in [-0.15, -0.1) is 5.10 Å². The van der Waals surface area contributed by atoms with Crippen LogP contribution in [0.5, 0.6) is 0 Å². The first-order valence-corrected chi connectivity index (χ1v) is 5.46. The van der Waals surface area contributed by atoms with Crippen molar-refractivity contribution in [1.29, 1.82) is 0 Å². The van der Waals surface area contributed by atoms with Gasteiger partial charge in [0.25, 0.3) is 0 Å². The van der Waals surface area contributed by atoms with Crippen LogP contribution in [0.1, 0.15) is 32.4 Å². The van der Waals surface area contributed by atoms with E-state index in [0.717, 1.165) is 18.5 Å². The molecule has 1 heterocycles. The second kappa shape index (κ2) is 6.22. The minimum absolute atomic E-state index is 0.141. The molecule has 16 heavy (non-hydrogen) atoms. The number of hydrogen-bond donors (Lipinski definition) is 2. The fourth-order valence-corrected chi connectivity index (χ4v) is 1.45. The van der Waals surface area contributed by atoms with Crippen molar-refractivity contribution < 1.29 is 9.90 Å². The quantitative estimate of drug-likeness (QED) is 0.713. The maximum atomic E-state index is 10.4. The molecule has 0 bridgehead atoms. The molecule has 6 nitrogen and oxygen atoms in total. The Balaban J connectivity index is 2.37. The Morgan fingerprint density at radius 1 is 1.69 bits per heavy atom. The summed E-state index contributed by atoms with van der Waals surface area (Å²) in [5, 5.41) is 19.5. The van der Waals surface area contributed by atoms with Crippen molar-refractivity contribution >= 4 is 5.97 Å². The van der Waals surface area contributed by atoms with Gasteiger partial charge >= 0.3 is 5.97 Å². The van der Waals surface area contributed by atoms with Gasteiger partial charge in [0.2, 0.25) is 0 Å². The summed E-state index contributed by atoms with van der Waals surface area (Å²) in [4.78, 5) is 10.4. The van der Waals surface area contributed by atoms with Crippen LogP contribution in [0.25, 0.3) is 0 Å². The molecule has 0 radical (unpaired) electrons. The molecule has 1 aromatic rings. The molecule has 1 unspecified atom stereocenters. The minimum Gasteiger partial charge on any atom is -0.480 e. The van der Waals surface area contributed by atoms with Gasteiger partial charge < -0.3 is 10.4 Å². The molecule has 2 N–H and O–H groups in total. The Hall–Kier alpha value is -1.43. The molecule has 0 aromatic carbocycles. The van der Waals surface area contributed by atoms with Crippen LogP contribution < -0.4 is 5.32 Å². The second-order valence-electron chi connectivity index (χ2n) is 3.87. The summed E-state index contributed by atoms with van der Waals surface area (Å²) in [6.07, 6.45) is 3.91. The van der Waals surface area contributed by atoms with Gasteiger partial charge in [0.05, 0.1) is 11.9 Å². The zero-order valence-electron chi connectivity index (χ0n) is 9.68. The lowest BCUT2D eigenvalue weighted by atomic mass is 10.2. The highest BCUT2D eigenvalue weighted by Gasteiger charge is 2.05. The third kappa shape index (κ3) is 4.39. The van der Waals surface area contributed by atoms with Gasteiger partial charge in [-0.3, -0.25) is 4.79 Å². The zero-order chi connectivity index (χ0) is 12.0. The van der Waals surface area contributed by atoms with E-state index in [0.29, 0.717) is 12.6 Å². The molecule has 1 atom stereocenters. The maximum Gasteiger partial charge on any atom is 0.325 e. The highest BCUT2D eigenvalue weighted by molar-refractivity contribution is 5.66. The summed E-state index contributed by atoms with van der Waals surface area (Å²) >= 11 is 0. The van der Waals surface area contributed by atoms with Crippen LogP contribution in [-0.4, -0.2) is 32.1 Å². The molecule has 0 aliphatic heterocycles. The Labute approximate surface area is 94.7 Å².